The standard InChI is InChI=1S/C25H28N6O2S/c1-30(2)18-11-9-17(10-12-18)27-23(32)16-34-25-29-28-24(31(25)15-19-6-5-13-33-19)21-14-26-22-8-4-3-7-20(21)22/h3-4,7-12,14,19,26H,5-6,13,15-16H2,1-2H3,(H,27,32)/t19-/m0/s1. The molecule has 5 rings (SSSR count). The first-order valence-electron chi connectivity index (χ1n) is 11.4. The van der Waals surface area contributed by atoms with Crippen LogP contribution in [-0.4, -0.2) is 58.2 Å². The third kappa shape index (κ3) is 4.80. The molecule has 0 spiro atoms. The van der Waals surface area contributed by atoms with Gasteiger partial charge in [0, 0.05) is 54.7 Å². The van der Waals surface area contributed by atoms with Gasteiger partial charge >= 0.3 is 0 Å². The van der Waals surface area contributed by atoms with Gasteiger partial charge in [-0.15, -0.1) is 10.2 Å². The molecular weight excluding hydrogens is 448 g/mol. The number of anilines is 2. The Labute approximate surface area is 202 Å². The van der Waals surface area contributed by atoms with Crippen LogP contribution in [0, 0.1) is 0 Å². The number of fused-ring (bicyclic) bond motifs is 1. The van der Waals surface area contributed by atoms with Crippen LogP contribution < -0.4 is 10.2 Å². The largest absolute Gasteiger partial charge is 0.378 e. The zero-order chi connectivity index (χ0) is 23.5. The van der Waals surface area contributed by atoms with Crippen LogP contribution in [0.15, 0.2) is 59.9 Å². The van der Waals surface area contributed by atoms with Crippen molar-refractivity contribution in [3.63, 3.8) is 0 Å². The van der Waals surface area contributed by atoms with E-state index in [9.17, 15) is 4.79 Å². The fraction of sp³-hybridized carbons (Fsp3) is 0.320. The zero-order valence-corrected chi connectivity index (χ0v) is 20.1. The van der Waals surface area contributed by atoms with Crippen LogP contribution in [0.5, 0.6) is 0 Å². The number of nitrogens with zero attached hydrogens (tertiary/aromatic N) is 4. The van der Waals surface area contributed by atoms with E-state index in [1.807, 2.05) is 67.7 Å². The summed E-state index contributed by atoms with van der Waals surface area (Å²) in [7, 11) is 3.98. The summed E-state index contributed by atoms with van der Waals surface area (Å²) < 4.78 is 7.99. The molecule has 34 heavy (non-hydrogen) atoms. The van der Waals surface area contributed by atoms with Crippen LogP contribution in [0.2, 0.25) is 0 Å². The van der Waals surface area contributed by atoms with E-state index in [0.29, 0.717) is 11.7 Å². The van der Waals surface area contributed by atoms with Crippen LogP contribution in [0.4, 0.5) is 11.4 Å². The van der Waals surface area contributed by atoms with Crippen LogP contribution in [0.3, 0.4) is 0 Å². The van der Waals surface area contributed by atoms with Gasteiger partial charge in [0.05, 0.1) is 18.4 Å². The molecule has 3 heterocycles. The summed E-state index contributed by atoms with van der Waals surface area (Å²) in [5.74, 6) is 0.950. The molecule has 0 saturated carbocycles. The molecule has 1 fully saturated rings. The molecule has 2 aromatic heterocycles. The summed E-state index contributed by atoms with van der Waals surface area (Å²) in [4.78, 5) is 18.0. The molecule has 1 saturated heterocycles. The minimum absolute atomic E-state index is 0.0806. The number of benzene rings is 2. The summed E-state index contributed by atoms with van der Waals surface area (Å²) in [6, 6.07) is 15.9. The maximum absolute atomic E-state index is 12.6. The van der Waals surface area contributed by atoms with Crippen molar-refractivity contribution in [1.29, 1.82) is 0 Å². The van der Waals surface area contributed by atoms with E-state index < -0.39 is 0 Å². The van der Waals surface area contributed by atoms with Crippen LogP contribution >= 0.6 is 11.8 Å². The van der Waals surface area contributed by atoms with E-state index in [1.165, 1.54) is 11.8 Å². The Bertz CT molecular complexity index is 1270. The van der Waals surface area contributed by atoms with Crippen molar-refractivity contribution >= 4 is 39.9 Å². The molecule has 8 nitrogen and oxygen atoms in total. The second-order valence-corrected chi connectivity index (χ2v) is 9.52. The summed E-state index contributed by atoms with van der Waals surface area (Å²) in [5, 5.41) is 13.7. The van der Waals surface area contributed by atoms with Crippen molar-refractivity contribution in [2.24, 2.45) is 0 Å². The number of ether oxygens (including phenoxy) is 1. The van der Waals surface area contributed by atoms with E-state index in [4.69, 9.17) is 4.74 Å². The van der Waals surface area contributed by atoms with Gasteiger partial charge in [0.2, 0.25) is 5.91 Å². The molecule has 2 aromatic carbocycles. The fourth-order valence-electron chi connectivity index (χ4n) is 4.18. The molecule has 1 aliphatic heterocycles. The van der Waals surface area contributed by atoms with Gasteiger partial charge in [-0.1, -0.05) is 30.0 Å². The lowest BCUT2D eigenvalue weighted by molar-refractivity contribution is -0.113. The maximum atomic E-state index is 12.6. The Kier molecular flexibility index (Phi) is 6.55. The zero-order valence-electron chi connectivity index (χ0n) is 19.3. The number of aromatic nitrogens is 4. The third-order valence-electron chi connectivity index (χ3n) is 5.96. The van der Waals surface area contributed by atoms with Crippen LogP contribution in [0.25, 0.3) is 22.3 Å². The van der Waals surface area contributed by atoms with Gasteiger partial charge in [0.1, 0.15) is 0 Å². The first kappa shape index (κ1) is 22.5. The van der Waals surface area contributed by atoms with Gasteiger partial charge in [0.25, 0.3) is 0 Å². The first-order valence-corrected chi connectivity index (χ1v) is 12.4. The average molecular weight is 477 g/mol. The Hall–Kier alpha value is -3.30. The predicted molar refractivity (Wildman–Crippen MR) is 136 cm³/mol. The Morgan fingerprint density at radius 2 is 2.03 bits per heavy atom. The number of hydrogen-bond donors (Lipinski definition) is 2. The number of nitrogens with one attached hydrogen (secondary N) is 2. The highest BCUT2D eigenvalue weighted by Crippen LogP contribution is 2.31. The summed E-state index contributed by atoms with van der Waals surface area (Å²) in [5.41, 5.74) is 3.91. The number of carbonyl (C=O) groups excluding carboxylic acids is 1. The fourth-order valence-corrected chi connectivity index (χ4v) is 4.93. The summed E-state index contributed by atoms with van der Waals surface area (Å²) in [6.45, 7) is 1.45. The van der Waals surface area contributed by atoms with Crippen molar-refractivity contribution in [1.82, 2.24) is 19.7 Å². The third-order valence-corrected chi connectivity index (χ3v) is 6.92. The number of para-hydroxylation sites is 1. The number of hydrogen-bond acceptors (Lipinski definition) is 6. The van der Waals surface area contributed by atoms with E-state index in [1.54, 1.807) is 0 Å². The highest BCUT2D eigenvalue weighted by atomic mass is 32.2. The molecule has 0 aliphatic carbocycles. The number of amides is 1. The Balaban J connectivity index is 1.34. The quantitative estimate of drug-likeness (QED) is 0.367. The molecule has 0 radical (unpaired) electrons. The topological polar surface area (TPSA) is 88.1 Å². The van der Waals surface area contributed by atoms with Gasteiger partial charge in [-0.25, -0.2) is 0 Å². The van der Waals surface area contributed by atoms with Crippen molar-refractivity contribution in [2.45, 2.75) is 30.6 Å². The number of aromatic amines is 1. The molecule has 1 amide bonds. The molecule has 0 unspecified atom stereocenters. The normalized spacial score (nSPS) is 15.6. The first-order chi connectivity index (χ1) is 16.6. The lowest BCUT2D eigenvalue weighted by atomic mass is 10.1. The van der Waals surface area contributed by atoms with E-state index >= 15 is 0 Å². The lowest BCUT2D eigenvalue weighted by Crippen LogP contribution is -2.18. The average Bonchev–Trinajstić information content (AvgIpc) is 3.59. The molecule has 0 bridgehead atoms. The van der Waals surface area contributed by atoms with Gasteiger partial charge < -0.3 is 19.9 Å². The molecule has 176 valence electrons. The number of H-pyrrole nitrogens is 1. The van der Waals surface area contributed by atoms with Crippen molar-refractivity contribution in [3.05, 3.63) is 54.7 Å². The van der Waals surface area contributed by atoms with E-state index in [0.717, 1.165) is 53.1 Å². The molecule has 9 heteroatoms. The van der Waals surface area contributed by atoms with Gasteiger partial charge in [-0.2, -0.15) is 0 Å². The minimum Gasteiger partial charge on any atom is -0.378 e. The summed E-state index contributed by atoms with van der Waals surface area (Å²) >= 11 is 1.39. The number of thioether (sulfide) groups is 1. The van der Waals surface area contributed by atoms with Crippen molar-refractivity contribution < 1.29 is 9.53 Å². The van der Waals surface area contributed by atoms with Crippen molar-refractivity contribution in [2.75, 3.05) is 36.7 Å². The number of rotatable bonds is 8. The highest BCUT2D eigenvalue weighted by Gasteiger charge is 2.23. The maximum Gasteiger partial charge on any atom is 0.234 e. The summed E-state index contributed by atoms with van der Waals surface area (Å²) in [6.07, 6.45) is 4.17. The number of carbonyl (C=O) groups is 1. The van der Waals surface area contributed by atoms with Gasteiger partial charge in [-0.3, -0.25) is 9.36 Å². The van der Waals surface area contributed by atoms with Crippen molar-refractivity contribution in [3.8, 4) is 11.4 Å². The lowest BCUT2D eigenvalue weighted by Gasteiger charge is -2.15. The molecule has 1 aliphatic rings. The van der Waals surface area contributed by atoms with Crippen LogP contribution in [-0.2, 0) is 16.1 Å². The minimum atomic E-state index is -0.0806. The smallest absolute Gasteiger partial charge is 0.234 e. The molecular formula is C25H28N6O2S. The second-order valence-electron chi connectivity index (χ2n) is 8.58. The molecule has 1 atom stereocenters. The van der Waals surface area contributed by atoms with Crippen LogP contribution in [0.1, 0.15) is 12.8 Å². The van der Waals surface area contributed by atoms with E-state index in [2.05, 4.69) is 31.1 Å². The predicted octanol–water partition coefficient (Wildman–Crippen LogP) is 4.40. The van der Waals surface area contributed by atoms with Gasteiger partial charge in [-0.05, 0) is 43.2 Å². The Morgan fingerprint density at radius 1 is 1.21 bits per heavy atom. The Morgan fingerprint density at radius 3 is 2.79 bits per heavy atom. The monoisotopic (exact) mass is 476 g/mol. The molecule has 2 N–H and O–H groups in total. The SMILES string of the molecule is CN(C)c1ccc(NC(=O)CSc2nnc(-c3c[nH]c4ccccc34)n2C[C@@H]2CCCO2)cc1. The highest BCUT2D eigenvalue weighted by molar-refractivity contribution is 7.99. The van der Waals surface area contributed by atoms with Gasteiger partial charge in [0.15, 0.2) is 11.0 Å². The van der Waals surface area contributed by atoms with E-state index in [-0.39, 0.29) is 17.8 Å². The second kappa shape index (κ2) is 9.90. The molecule has 4 aromatic rings.